The Bertz CT molecular complexity index is 1380. The number of nitrogens with zero attached hydrogens (tertiary/aromatic N) is 1. The summed E-state index contributed by atoms with van der Waals surface area (Å²) in [6, 6.07) is 16.8. The number of allylic oxidation sites excluding steroid dienone is 1. The minimum atomic E-state index is -5.21. The zero-order chi connectivity index (χ0) is 26.3. The number of nitrogens with one attached hydrogen (secondary N) is 1. The largest absolute Gasteiger partial charge is 0.497 e. The van der Waals surface area contributed by atoms with Gasteiger partial charge in [0.25, 0.3) is 0 Å². The third-order valence-corrected chi connectivity index (χ3v) is 6.72. The van der Waals surface area contributed by atoms with Gasteiger partial charge >= 0.3 is 12.1 Å². The van der Waals surface area contributed by atoms with Gasteiger partial charge in [-0.3, -0.25) is 14.5 Å². The van der Waals surface area contributed by atoms with Gasteiger partial charge in [-0.15, -0.1) is 0 Å². The van der Waals surface area contributed by atoms with Gasteiger partial charge < -0.3 is 10.1 Å². The first-order valence-electron chi connectivity index (χ1n) is 11.6. The lowest BCUT2D eigenvalue weighted by Gasteiger charge is -2.35. The van der Waals surface area contributed by atoms with Crippen LogP contribution >= 0.6 is 0 Å². The van der Waals surface area contributed by atoms with E-state index in [2.05, 4.69) is 5.32 Å². The van der Waals surface area contributed by atoms with Crippen LogP contribution in [0, 0.1) is 5.82 Å². The normalized spacial score (nSPS) is 19.5. The number of amides is 1. The second-order valence-electron chi connectivity index (χ2n) is 8.96. The Labute approximate surface area is 210 Å². The summed E-state index contributed by atoms with van der Waals surface area (Å²) in [4.78, 5) is 27.2. The molecule has 37 heavy (non-hydrogen) atoms. The van der Waals surface area contributed by atoms with E-state index in [9.17, 15) is 27.2 Å². The minimum Gasteiger partial charge on any atom is -0.497 e. The molecule has 1 heterocycles. The van der Waals surface area contributed by atoms with Crippen LogP contribution in [0.4, 0.5) is 28.9 Å². The van der Waals surface area contributed by atoms with E-state index in [1.54, 1.807) is 31.4 Å². The maximum absolute atomic E-state index is 13.9. The Morgan fingerprint density at radius 3 is 2.24 bits per heavy atom. The lowest BCUT2D eigenvalue weighted by molar-refractivity contribution is -0.170. The topological polar surface area (TPSA) is 58.6 Å². The summed E-state index contributed by atoms with van der Waals surface area (Å²) < 4.78 is 60.7. The van der Waals surface area contributed by atoms with Crippen molar-refractivity contribution in [3.63, 3.8) is 0 Å². The molecule has 0 unspecified atom stereocenters. The highest BCUT2D eigenvalue weighted by Gasteiger charge is 2.49. The number of hydrogen-bond acceptors (Lipinski definition) is 4. The van der Waals surface area contributed by atoms with Gasteiger partial charge in [-0.25, -0.2) is 4.39 Å². The first-order valence-corrected chi connectivity index (χ1v) is 11.6. The number of Topliss-reactive ketones (excluding diaryl/α,β-unsaturated/α-hetero) is 1. The quantitative estimate of drug-likeness (QED) is 0.421. The highest BCUT2D eigenvalue weighted by Crippen LogP contribution is 2.48. The van der Waals surface area contributed by atoms with Gasteiger partial charge in [-0.05, 0) is 59.9 Å². The molecule has 0 saturated heterocycles. The number of carbonyl (C=O) groups is 2. The molecule has 0 radical (unpaired) electrons. The molecule has 0 aromatic heterocycles. The van der Waals surface area contributed by atoms with Gasteiger partial charge in [0.1, 0.15) is 11.6 Å². The van der Waals surface area contributed by atoms with Crippen molar-refractivity contribution in [3.05, 3.63) is 101 Å². The van der Waals surface area contributed by atoms with Crippen LogP contribution in [-0.2, 0) is 9.59 Å². The molecule has 0 fully saturated rings. The van der Waals surface area contributed by atoms with Gasteiger partial charge in [0.05, 0.1) is 24.5 Å². The van der Waals surface area contributed by atoms with E-state index in [0.717, 1.165) is 17.7 Å². The van der Waals surface area contributed by atoms with E-state index in [0.29, 0.717) is 22.8 Å². The van der Waals surface area contributed by atoms with Crippen molar-refractivity contribution >= 4 is 23.1 Å². The summed E-state index contributed by atoms with van der Waals surface area (Å²) in [5, 5.41) is 3.16. The molecule has 2 aliphatic rings. The van der Waals surface area contributed by atoms with E-state index in [-0.39, 0.29) is 34.9 Å². The molecule has 5 nitrogen and oxygen atoms in total. The Balaban J connectivity index is 1.70. The summed E-state index contributed by atoms with van der Waals surface area (Å²) in [5.74, 6) is -2.68. The van der Waals surface area contributed by atoms with E-state index in [1.807, 2.05) is 12.1 Å². The van der Waals surface area contributed by atoms with Crippen molar-refractivity contribution < 1.29 is 31.9 Å². The number of fused-ring (bicyclic) bond motifs is 1. The van der Waals surface area contributed by atoms with E-state index >= 15 is 0 Å². The minimum absolute atomic E-state index is 0.0256. The van der Waals surface area contributed by atoms with Crippen LogP contribution < -0.4 is 15.0 Å². The monoisotopic (exact) mass is 510 g/mol. The first-order chi connectivity index (χ1) is 17.7. The molecule has 190 valence electrons. The number of hydrogen-bond donors (Lipinski definition) is 1. The molecule has 1 aliphatic heterocycles. The van der Waals surface area contributed by atoms with Gasteiger partial charge in [0, 0.05) is 17.7 Å². The predicted octanol–water partition coefficient (Wildman–Crippen LogP) is 6.30. The molecule has 3 aromatic carbocycles. The van der Waals surface area contributed by atoms with Gasteiger partial charge in [-0.1, -0.05) is 36.4 Å². The van der Waals surface area contributed by atoms with Crippen LogP contribution in [0.25, 0.3) is 0 Å². The average molecular weight is 510 g/mol. The second-order valence-corrected chi connectivity index (χ2v) is 8.96. The van der Waals surface area contributed by atoms with Crippen LogP contribution in [0.1, 0.15) is 35.9 Å². The lowest BCUT2D eigenvalue weighted by Crippen LogP contribution is -2.45. The molecule has 9 heteroatoms. The van der Waals surface area contributed by atoms with Crippen LogP contribution in [0.15, 0.2) is 84.1 Å². The van der Waals surface area contributed by atoms with E-state index in [4.69, 9.17) is 4.74 Å². The van der Waals surface area contributed by atoms with Crippen molar-refractivity contribution in [1.29, 1.82) is 0 Å². The van der Waals surface area contributed by atoms with Crippen LogP contribution in [0.2, 0.25) is 0 Å². The Morgan fingerprint density at radius 1 is 0.946 bits per heavy atom. The van der Waals surface area contributed by atoms with Crippen molar-refractivity contribution in [1.82, 2.24) is 0 Å². The second kappa shape index (κ2) is 9.38. The fourth-order valence-electron chi connectivity index (χ4n) is 5.02. The maximum Gasteiger partial charge on any atom is 0.471 e. The lowest BCUT2D eigenvalue weighted by atomic mass is 9.78. The number of benzene rings is 3. The zero-order valence-corrected chi connectivity index (χ0v) is 19.7. The first kappa shape index (κ1) is 24.5. The number of rotatable bonds is 3. The number of methoxy groups -OCH3 is 1. The SMILES string of the molecule is COc1ccc([C@@H]2CC(=O)C3=C(C2)Nc2ccccc2N(C(=O)C(F)(F)F)[C@@H]3c2ccc(F)cc2)cc1. The van der Waals surface area contributed by atoms with Crippen LogP contribution in [0.5, 0.6) is 5.75 Å². The van der Waals surface area contributed by atoms with Gasteiger partial charge in [0.2, 0.25) is 0 Å². The fourth-order valence-corrected chi connectivity index (χ4v) is 5.02. The van der Waals surface area contributed by atoms with Crippen molar-refractivity contribution in [2.24, 2.45) is 0 Å². The highest BCUT2D eigenvalue weighted by molar-refractivity contribution is 6.07. The Kier molecular flexibility index (Phi) is 6.23. The van der Waals surface area contributed by atoms with Crippen molar-refractivity contribution in [2.45, 2.75) is 31.0 Å². The summed E-state index contributed by atoms with van der Waals surface area (Å²) in [5.41, 5.74) is 1.80. The average Bonchev–Trinajstić information content (AvgIpc) is 3.03. The molecule has 2 atom stereocenters. The van der Waals surface area contributed by atoms with Crippen LogP contribution in [0.3, 0.4) is 0 Å². The fraction of sp³-hybridized carbons (Fsp3) is 0.214. The maximum atomic E-state index is 13.9. The van der Waals surface area contributed by atoms with Crippen molar-refractivity contribution in [3.8, 4) is 5.75 Å². The van der Waals surface area contributed by atoms with Crippen molar-refractivity contribution in [2.75, 3.05) is 17.3 Å². The smallest absolute Gasteiger partial charge is 0.471 e. The summed E-state index contributed by atoms with van der Waals surface area (Å²) in [6.45, 7) is 0. The van der Waals surface area contributed by atoms with E-state index < -0.39 is 29.7 Å². The van der Waals surface area contributed by atoms with Crippen LogP contribution in [-0.4, -0.2) is 25.0 Å². The number of ether oxygens (including phenoxy) is 1. The molecule has 1 amide bonds. The predicted molar refractivity (Wildman–Crippen MR) is 130 cm³/mol. The number of carbonyl (C=O) groups excluding carboxylic acids is 2. The summed E-state index contributed by atoms with van der Waals surface area (Å²) in [6.07, 6.45) is -4.85. The number of para-hydroxylation sites is 2. The molecular formula is C28H22F4N2O3. The zero-order valence-electron chi connectivity index (χ0n) is 19.7. The number of alkyl halides is 3. The molecule has 0 bridgehead atoms. The third-order valence-electron chi connectivity index (χ3n) is 6.72. The molecule has 0 saturated carbocycles. The number of halogens is 4. The molecule has 1 N–H and O–H groups in total. The summed E-state index contributed by atoms with van der Waals surface area (Å²) in [7, 11) is 1.55. The van der Waals surface area contributed by atoms with Gasteiger partial charge in [-0.2, -0.15) is 13.2 Å². The molecule has 0 spiro atoms. The molecular weight excluding hydrogens is 488 g/mol. The standard InChI is InChI=1S/C28H22F4N2O3/c1-37-20-12-8-16(9-13-20)18-14-22-25(24(35)15-18)26(17-6-10-19(29)11-7-17)34(27(36)28(30,31)32)23-5-3-2-4-21(23)33-22/h2-13,18,26,33H,14-15H2,1H3/t18-,26+/m0/s1. The van der Waals surface area contributed by atoms with E-state index in [1.165, 1.54) is 24.3 Å². The highest BCUT2D eigenvalue weighted by atomic mass is 19.4. The molecule has 3 aromatic rings. The number of ketones is 1. The number of anilines is 2. The molecule has 1 aliphatic carbocycles. The summed E-state index contributed by atoms with van der Waals surface area (Å²) >= 11 is 0. The molecule has 5 rings (SSSR count). The third kappa shape index (κ3) is 4.57. The Hall–Kier alpha value is -4.14. The van der Waals surface area contributed by atoms with Gasteiger partial charge in [0.15, 0.2) is 5.78 Å². The Morgan fingerprint density at radius 2 is 1.59 bits per heavy atom.